The van der Waals surface area contributed by atoms with Crippen LogP contribution in [0, 0.1) is 11.3 Å². The van der Waals surface area contributed by atoms with E-state index in [-0.39, 0.29) is 0 Å². The molecule has 1 aromatic heterocycles. The molecule has 0 bridgehead atoms. The number of rotatable bonds is 3. The number of anilines is 1. The van der Waals surface area contributed by atoms with Crippen molar-refractivity contribution in [1.29, 1.82) is 5.26 Å². The van der Waals surface area contributed by atoms with Crippen LogP contribution in [0.3, 0.4) is 0 Å². The van der Waals surface area contributed by atoms with Crippen molar-refractivity contribution in [2.75, 3.05) is 31.1 Å². The highest BCUT2D eigenvalue weighted by molar-refractivity contribution is 5.49. The van der Waals surface area contributed by atoms with Gasteiger partial charge in [0.2, 0.25) is 0 Å². The van der Waals surface area contributed by atoms with Gasteiger partial charge in [0, 0.05) is 50.3 Å². The largest absolute Gasteiger partial charge is 0.370 e. The molecule has 118 valence electrons. The van der Waals surface area contributed by atoms with Crippen molar-refractivity contribution in [2.24, 2.45) is 0 Å². The average Bonchev–Trinajstić information content (AvgIpc) is 2.88. The predicted octanol–water partition coefficient (Wildman–Crippen LogP) is 3.23. The molecular formula is C19H22N4. The fourth-order valence-corrected chi connectivity index (χ4v) is 3.16. The predicted molar refractivity (Wildman–Crippen MR) is 92.2 cm³/mol. The van der Waals surface area contributed by atoms with Crippen LogP contribution in [0.1, 0.15) is 30.5 Å². The van der Waals surface area contributed by atoms with Crippen LogP contribution < -0.4 is 4.90 Å². The number of nitriles is 1. The Balaban J connectivity index is 1.66. The molecule has 2 aromatic rings. The summed E-state index contributed by atoms with van der Waals surface area (Å²) in [6.45, 7) is 6.46. The lowest BCUT2D eigenvalue weighted by molar-refractivity contribution is 0.226. The maximum absolute atomic E-state index is 8.91. The van der Waals surface area contributed by atoms with E-state index < -0.39 is 0 Å². The topological polar surface area (TPSA) is 43.2 Å². The highest BCUT2D eigenvalue weighted by atomic mass is 15.2. The third kappa shape index (κ3) is 3.69. The lowest BCUT2D eigenvalue weighted by atomic mass is 10.1. The molecule has 1 fully saturated rings. The standard InChI is InChI=1S/C19H22N4/c1-16(18-4-2-9-21-15-18)22-10-3-11-23(13-12-22)19-7-5-17(14-20)6-8-19/h2,4-9,15-16H,3,10-13H2,1H3. The second kappa shape index (κ2) is 7.26. The average molecular weight is 306 g/mol. The maximum Gasteiger partial charge on any atom is 0.0991 e. The summed E-state index contributed by atoms with van der Waals surface area (Å²) < 4.78 is 0. The Bertz CT molecular complexity index is 660. The number of hydrogen-bond donors (Lipinski definition) is 0. The first kappa shape index (κ1) is 15.5. The number of benzene rings is 1. The van der Waals surface area contributed by atoms with Crippen molar-refractivity contribution in [2.45, 2.75) is 19.4 Å². The van der Waals surface area contributed by atoms with Gasteiger partial charge in [-0.1, -0.05) is 6.07 Å². The van der Waals surface area contributed by atoms with Gasteiger partial charge in [-0.2, -0.15) is 5.26 Å². The van der Waals surface area contributed by atoms with E-state index in [2.05, 4.69) is 46.0 Å². The fourth-order valence-electron chi connectivity index (χ4n) is 3.16. The first-order chi connectivity index (χ1) is 11.3. The Morgan fingerprint density at radius 3 is 2.61 bits per heavy atom. The minimum Gasteiger partial charge on any atom is -0.370 e. The van der Waals surface area contributed by atoms with Crippen LogP contribution >= 0.6 is 0 Å². The summed E-state index contributed by atoms with van der Waals surface area (Å²) in [6.07, 6.45) is 4.93. The van der Waals surface area contributed by atoms with Crippen LogP contribution in [0.2, 0.25) is 0 Å². The molecule has 23 heavy (non-hydrogen) atoms. The van der Waals surface area contributed by atoms with Crippen LogP contribution in [0.4, 0.5) is 5.69 Å². The van der Waals surface area contributed by atoms with Crippen LogP contribution in [-0.2, 0) is 0 Å². The van der Waals surface area contributed by atoms with Crippen LogP contribution in [0.25, 0.3) is 0 Å². The monoisotopic (exact) mass is 306 g/mol. The van der Waals surface area contributed by atoms with Gasteiger partial charge < -0.3 is 4.90 Å². The highest BCUT2D eigenvalue weighted by Crippen LogP contribution is 2.23. The molecule has 1 aliphatic heterocycles. The summed E-state index contributed by atoms with van der Waals surface area (Å²) in [5.74, 6) is 0. The summed E-state index contributed by atoms with van der Waals surface area (Å²) in [4.78, 5) is 9.18. The first-order valence-corrected chi connectivity index (χ1v) is 8.17. The maximum atomic E-state index is 8.91. The van der Waals surface area contributed by atoms with Gasteiger partial charge in [-0.3, -0.25) is 9.88 Å². The normalized spacial score (nSPS) is 17.3. The molecule has 1 aromatic carbocycles. The highest BCUT2D eigenvalue weighted by Gasteiger charge is 2.20. The van der Waals surface area contributed by atoms with Gasteiger partial charge in [0.25, 0.3) is 0 Å². The van der Waals surface area contributed by atoms with Crippen LogP contribution in [0.15, 0.2) is 48.8 Å². The molecule has 1 unspecified atom stereocenters. The Morgan fingerprint density at radius 2 is 1.91 bits per heavy atom. The van der Waals surface area contributed by atoms with Crippen molar-refractivity contribution < 1.29 is 0 Å². The number of hydrogen-bond acceptors (Lipinski definition) is 4. The molecule has 0 aliphatic carbocycles. The third-order valence-electron chi connectivity index (χ3n) is 4.61. The van der Waals surface area contributed by atoms with Gasteiger partial charge in [-0.25, -0.2) is 0 Å². The van der Waals surface area contributed by atoms with E-state index in [1.54, 1.807) is 0 Å². The zero-order chi connectivity index (χ0) is 16.1. The molecule has 1 atom stereocenters. The molecule has 0 spiro atoms. The third-order valence-corrected chi connectivity index (χ3v) is 4.61. The Morgan fingerprint density at radius 1 is 1.09 bits per heavy atom. The van der Waals surface area contributed by atoms with Crippen molar-refractivity contribution in [3.63, 3.8) is 0 Å². The van der Waals surface area contributed by atoms with E-state index in [0.717, 1.165) is 38.2 Å². The number of nitrogens with zero attached hydrogens (tertiary/aromatic N) is 4. The zero-order valence-corrected chi connectivity index (χ0v) is 13.5. The Hall–Kier alpha value is -2.38. The Kier molecular flexibility index (Phi) is 4.89. The van der Waals surface area contributed by atoms with Crippen molar-refractivity contribution in [3.05, 3.63) is 59.9 Å². The van der Waals surface area contributed by atoms with E-state index in [0.29, 0.717) is 6.04 Å². The minimum absolute atomic E-state index is 0.393. The molecule has 1 aliphatic rings. The smallest absolute Gasteiger partial charge is 0.0991 e. The lowest BCUT2D eigenvalue weighted by Crippen LogP contribution is -2.32. The number of pyridine rings is 1. The van der Waals surface area contributed by atoms with E-state index in [4.69, 9.17) is 5.26 Å². The number of aromatic nitrogens is 1. The molecule has 2 heterocycles. The van der Waals surface area contributed by atoms with Crippen LogP contribution in [-0.4, -0.2) is 36.1 Å². The van der Waals surface area contributed by atoms with Crippen molar-refractivity contribution in [3.8, 4) is 6.07 Å². The second-order valence-corrected chi connectivity index (χ2v) is 6.00. The van der Waals surface area contributed by atoms with Gasteiger partial charge in [0.1, 0.15) is 0 Å². The molecule has 0 radical (unpaired) electrons. The summed E-state index contributed by atoms with van der Waals surface area (Å²) in [6, 6.07) is 14.6. The fraction of sp³-hybridized carbons (Fsp3) is 0.368. The molecule has 1 saturated heterocycles. The lowest BCUT2D eigenvalue weighted by Gasteiger charge is -2.28. The SMILES string of the molecule is CC(c1cccnc1)N1CCCN(c2ccc(C#N)cc2)CC1. The van der Waals surface area contributed by atoms with Crippen molar-refractivity contribution in [1.82, 2.24) is 9.88 Å². The van der Waals surface area contributed by atoms with E-state index in [9.17, 15) is 0 Å². The van der Waals surface area contributed by atoms with Crippen LogP contribution in [0.5, 0.6) is 0 Å². The van der Waals surface area contributed by atoms with Gasteiger partial charge in [0.05, 0.1) is 11.6 Å². The molecule has 4 heteroatoms. The molecule has 0 saturated carbocycles. The zero-order valence-electron chi connectivity index (χ0n) is 13.5. The summed E-state index contributed by atoms with van der Waals surface area (Å²) in [5, 5.41) is 8.91. The quantitative estimate of drug-likeness (QED) is 0.873. The van der Waals surface area contributed by atoms with E-state index >= 15 is 0 Å². The van der Waals surface area contributed by atoms with Gasteiger partial charge in [-0.05, 0) is 49.2 Å². The summed E-state index contributed by atoms with van der Waals surface area (Å²) in [7, 11) is 0. The molecule has 3 rings (SSSR count). The van der Waals surface area contributed by atoms with Gasteiger partial charge >= 0.3 is 0 Å². The molecular weight excluding hydrogens is 284 g/mol. The molecule has 0 amide bonds. The van der Waals surface area contributed by atoms with E-state index in [1.807, 2.05) is 30.6 Å². The van der Waals surface area contributed by atoms with E-state index in [1.165, 1.54) is 11.3 Å². The summed E-state index contributed by atoms with van der Waals surface area (Å²) >= 11 is 0. The van der Waals surface area contributed by atoms with Gasteiger partial charge in [0.15, 0.2) is 0 Å². The first-order valence-electron chi connectivity index (χ1n) is 8.17. The Labute approximate surface area is 138 Å². The molecule has 4 nitrogen and oxygen atoms in total. The minimum atomic E-state index is 0.393. The molecule has 0 N–H and O–H groups in total. The van der Waals surface area contributed by atoms with Crippen molar-refractivity contribution >= 4 is 5.69 Å². The second-order valence-electron chi connectivity index (χ2n) is 6.00. The van der Waals surface area contributed by atoms with Gasteiger partial charge in [-0.15, -0.1) is 0 Å². The summed E-state index contributed by atoms with van der Waals surface area (Å²) in [5.41, 5.74) is 3.20.